The summed E-state index contributed by atoms with van der Waals surface area (Å²) in [6.07, 6.45) is 11.1. The van der Waals surface area contributed by atoms with Gasteiger partial charge in [0.25, 0.3) is 0 Å². The number of carbonyl (C=O) groups is 1. The van der Waals surface area contributed by atoms with E-state index in [4.69, 9.17) is 4.74 Å². The minimum Gasteiger partial charge on any atom is -0.469 e. The number of carbonyl (C=O) groups excluding carboxylic acids is 1. The van der Waals surface area contributed by atoms with Crippen LogP contribution in [0, 0.1) is 11.8 Å². The van der Waals surface area contributed by atoms with Gasteiger partial charge in [0.2, 0.25) is 0 Å². The number of rotatable bonds is 12. The Morgan fingerprint density at radius 3 is 2.57 bits per heavy atom. The highest BCUT2D eigenvalue weighted by molar-refractivity contribution is 5.69. The summed E-state index contributed by atoms with van der Waals surface area (Å²) in [5.41, 5.74) is 0. The smallest absolute Gasteiger partial charge is 0.305 e. The van der Waals surface area contributed by atoms with E-state index in [0.29, 0.717) is 19.3 Å². The molecule has 1 saturated heterocycles. The van der Waals surface area contributed by atoms with Crippen LogP contribution in [0.15, 0.2) is 0 Å². The van der Waals surface area contributed by atoms with Gasteiger partial charge in [-0.1, -0.05) is 57.8 Å². The predicted molar refractivity (Wildman–Crippen MR) is 90.9 cm³/mol. The van der Waals surface area contributed by atoms with Gasteiger partial charge in [0.1, 0.15) is 12.2 Å². The average Bonchev–Trinajstić information content (AvgIpc) is 3.33. The molecule has 3 atom stereocenters. The average molecular weight is 324 g/mol. The summed E-state index contributed by atoms with van der Waals surface area (Å²) in [5.74, 6) is 5.52. The van der Waals surface area contributed by atoms with Crippen LogP contribution in [0.4, 0.5) is 0 Å². The molecule has 4 nitrogen and oxygen atoms in total. The standard InChI is InChI=1S/C19H32O4/c1-3-4-5-6-7-8-11-14-17-19(23-17)16(20)13-10-9-12-15-18(21)22-2/h16-17,19-20H,3-9,11-12,14-15H2,1-2H3. The Morgan fingerprint density at radius 2 is 1.87 bits per heavy atom. The van der Waals surface area contributed by atoms with E-state index in [9.17, 15) is 9.90 Å². The molecule has 1 heterocycles. The summed E-state index contributed by atoms with van der Waals surface area (Å²) in [7, 11) is 1.38. The maximum absolute atomic E-state index is 10.9. The third-order valence-electron chi connectivity index (χ3n) is 4.19. The molecule has 1 fully saturated rings. The quantitative estimate of drug-likeness (QED) is 0.258. The third-order valence-corrected chi connectivity index (χ3v) is 4.19. The van der Waals surface area contributed by atoms with Crippen LogP contribution in [0.3, 0.4) is 0 Å². The van der Waals surface area contributed by atoms with E-state index in [-0.39, 0.29) is 18.2 Å². The van der Waals surface area contributed by atoms with Crippen molar-refractivity contribution in [3.05, 3.63) is 0 Å². The van der Waals surface area contributed by atoms with E-state index < -0.39 is 6.10 Å². The summed E-state index contributed by atoms with van der Waals surface area (Å²) < 4.78 is 10.1. The monoisotopic (exact) mass is 324 g/mol. The lowest BCUT2D eigenvalue weighted by Gasteiger charge is -2.00. The molecule has 132 valence electrons. The fourth-order valence-corrected chi connectivity index (χ4v) is 2.65. The number of aliphatic hydroxyl groups is 1. The summed E-state index contributed by atoms with van der Waals surface area (Å²) in [4.78, 5) is 10.9. The first-order chi connectivity index (χ1) is 11.2. The normalized spacial score (nSPS) is 20.5. The summed E-state index contributed by atoms with van der Waals surface area (Å²) in [5, 5.41) is 9.92. The Morgan fingerprint density at radius 1 is 1.17 bits per heavy atom. The molecule has 0 aromatic heterocycles. The number of aliphatic hydroxyl groups excluding tert-OH is 1. The molecule has 0 bridgehead atoms. The second-order valence-corrected chi connectivity index (χ2v) is 6.24. The van der Waals surface area contributed by atoms with Crippen LogP contribution in [0.5, 0.6) is 0 Å². The molecule has 23 heavy (non-hydrogen) atoms. The van der Waals surface area contributed by atoms with E-state index in [1.165, 1.54) is 52.1 Å². The van der Waals surface area contributed by atoms with Gasteiger partial charge in [0.15, 0.2) is 0 Å². The molecule has 1 aliphatic rings. The van der Waals surface area contributed by atoms with Crippen LogP contribution in [0.2, 0.25) is 0 Å². The van der Waals surface area contributed by atoms with Crippen molar-refractivity contribution in [2.24, 2.45) is 0 Å². The molecule has 0 aromatic rings. The van der Waals surface area contributed by atoms with Crippen molar-refractivity contribution in [3.8, 4) is 11.8 Å². The van der Waals surface area contributed by atoms with Gasteiger partial charge in [-0.15, -0.1) is 5.92 Å². The van der Waals surface area contributed by atoms with Gasteiger partial charge >= 0.3 is 5.97 Å². The zero-order valence-corrected chi connectivity index (χ0v) is 14.7. The zero-order chi connectivity index (χ0) is 16.9. The summed E-state index contributed by atoms with van der Waals surface area (Å²) in [6.45, 7) is 2.23. The lowest BCUT2D eigenvalue weighted by molar-refractivity contribution is -0.140. The first kappa shape index (κ1) is 20.0. The Labute approximate surface area is 140 Å². The maximum atomic E-state index is 10.9. The topological polar surface area (TPSA) is 59.1 Å². The van der Waals surface area contributed by atoms with Gasteiger partial charge < -0.3 is 14.6 Å². The predicted octanol–water partition coefficient (Wildman–Crippen LogP) is 3.60. The number of hydrogen-bond donors (Lipinski definition) is 1. The lowest BCUT2D eigenvalue weighted by Crippen LogP contribution is -2.14. The van der Waals surface area contributed by atoms with Crippen LogP contribution < -0.4 is 0 Å². The molecule has 0 radical (unpaired) electrons. The Bertz CT molecular complexity index is 383. The minimum absolute atomic E-state index is 0.108. The Kier molecular flexibility index (Phi) is 10.8. The van der Waals surface area contributed by atoms with Gasteiger partial charge in [0.05, 0.1) is 13.2 Å². The van der Waals surface area contributed by atoms with Gasteiger partial charge in [-0.05, 0) is 12.8 Å². The van der Waals surface area contributed by atoms with Gasteiger partial charge in [-0.2, -0.15) is 0 Å². The van der Waals surface area contributed by atoms with Crippen molar-refractivity contribution in [2.45, 2.75) is 95.9 Å². The van der Waals surface area contributed by atoms with Gasteiger partial charge in [-0.3, -0.25) is 4.79 Å². The minimum atomic E-state index is -0.692. The Hall–Kier alpha value is -1.05. The molecule has 3 unspecified atom stereocenters. The van der Waals surface area contributed by atoms with Crippen LogP contribution in [-0.2, 0) is 14.3 Å². The largest absolute Gasteiger partial charge is 0.469 e. The molecule has 0 spiro atoms. The van der Waals surface area contributed by atoms with Gasteiger partial charge in [0, 0.05) is 12.8 Å². The molecular formula is C19H32O4. The van der Waals surface area contributed by atoms with Crippen LogP contribution in [-0.4, -0.2) is 36.5 Å². The van der Waals surface area contributed by atoms with Crippen molar-refractivity contribution in [2.75, 3.05) is 7.11 Å². The van der Waals surface area contributed by atoms with E-state index in [0.717, 1.165) is 6.42 Å². The van der Waals surface area contributed by atoms with Crippen molar-refractivity contribution >= 4 is 5.97 Å². The molecular weight excluding hydrogens is 292 g/mol. The van der Waals surface area contributed by atoms with E-state index in [1.807, 2.05) is 0 Å². The molecule has 1 aliphatic heterocycles. The first-order valence-electron chi connectivity index (χ1n) is 9.07. The zero-order valence-electron chi connectivity index (χ0n) is 14.7. The van der Waals surface area contributed by atoms with Crippen molar-refractivity contribution < 1.29 is 19.4 Å². The number of ether oxygens (including phenoxy) is 2. The number of epoxide rings is 1. The lowest BCUT2D eigenvalue weighted by atomic mass is 10.1. The molecule has 1 rings (SSSR count). The van der Waals surface area contributed by atoms with Crippen LogP contribution >= 0.6 is 0 Å². The van der Waals surface area contributed by atoms with Crippen molar-refractivity contribution in [1.82, 2.24) is 0 Å². The molecule has 0 amide bonds. The number of unbranched alkanes of at least 4 members (excludes halogenated alkanes) is 7. The van der Waals surface area contributed by atoms with Crippen molar-refractivity contribution in [1.29, 1.82) is 0 Å². The first-order valence-corrected chi connectivity index (χ1v) is 9.07. The second-order valence-electron chi connectivity index (χ2n) is 6.24. The van der Waals surface area contributed by atoms with Crippen molar-refractivity contribution in [3.63, 3.8) is 0 Å². The molecule has 0 saturated carbocycles. The molecule has 0 aliphatic carbocycles. The summed E-state index contributed by atoms with van der Waals surface area (Å²) in [6, 6.07) is 0. The van der Waals surface area contributed by atoms with Crippen LogP contribution in [0.1, 0.15) is 77.6 Å². The SMILES string of the molecule is CCCCCCCCCC1OC1C(O)C#CCCCC(=O)OC. The fourth-order valence-electron chi connectivity index (χ4n) is 2.65. The van der Waals surface area contributed by atoms with E-state index in [2.05, 4.69) is 23.5 Å². The third kappa shape index (κ3) is 9.63. The summed E-state index contributed by atoms with van der Waals surface area (Å²) >= 11 is 0. The molecule has 1 N–H and O–H groups in total. The highest BCUT2D eigenvalue weighted by atomic mass is 16.6. The fraction of sp³-hybridized carbons (Fsp3) is 0.842. The number of hydrogen-bond acceptors (Lipinski definition) is 4. The Balaban J connectivity index is 1.99. The van der Waals surface area contributed by atoms with Crippen LogP contribution in [0.25, 0.3) is 0 Å². The van der Waals surface area contributed by atoms with Gasteiger partial charge in [-0.25, -0.2) is 0 Å². The highest BCUT2D eigenvalue weighted by Crippen LogP contribution is 2.30. The molecule has 4 heteroatoms. The maximum Gasteiger partial charge on any atom is 0.305 e. The molecule has 0 aromatic carbocycles. The van der Waals surface area contributed by atoms with E-state index >= 15 is 0 Å². The second kappa shape index (κ2) is 12.4. The number of methoxy groups -OCH3 is 1. The van der Waals surface area contributed by atoms with E-state index in [1.54, 1.807) is 0 Å². The number of esters is 1. The highest BCUT2D eigenvalue weighted by Gasteiger charge is 2.42.